The molecule has 0 N–H and O–H groups in total. The van der Waals surface area contributed by atoms with Gasteiger partial charge in [0.15, 0.2) is 0 Å². The van der Waals surface area contributed by atoms with Crippen molar-refractivity contribution in [3.05, 3.63) is 67.3 Å². The van der Waals surface area contributed by atoms with Gasteiger partial charge in [-0.2, -0.15) is 0 Å². The van der Waals surface area contributed by atoms with Crippen LogP contribution >= 0.6 is 0 Å². The van der Waals surface area contributed by atoms with E-state index in [1.807, 2.05) is 43.0 Å². The molecule has 0 radical (unpaired) electrons. The molecule has 5 heteroatoms. The molecule has 0 aliphatic rings. The molecule has 1 aromatic heterocycles. The van der Waals surface area contributed by atoms with Crippen molar-refractivity contribution in [1.29, 1.82) is 0 Å². The van der Waals surface area contributed by atoms with Gasteiger partial charge in [0.25, 0.3) is 0 Å². The van der Waals surface area contributed by atoms with E-state index >= 15 is 0 Å². The molecular weight excluding hydrogens is 467 g/mol. The van der Waals surface area contributed by atoms with Crippen LogP contribution in [0.25, 0.3) is 0 Å². The molecule has 4 nitrogen and oxygen atoms in total. The van der Waals surface area contributed by atoms with Gasteiger partial charge in [0.2, 0.25) is 6.71 Å². The number of benzene rings is 2. The molecule has 38 heavy (non-hydrogen) atoms. The average molecular weight is 519 g/mol. The van der Waals surface area contributed by atoms with Gasteiger partial charge in [-0.05, 0) is 29.5 Å². The van der Waals surface area contributed by atoms with E-state index in [2.05, 4.69) is 47.7 Å². The van der Waals surface area contributed by atoms with Gasteiger partial charge in [0.05, 0.1) is 20.5 Å². The number of rotatable bonds is 18. The van der Waals surface area contributed by atoms with Gasteiger partial charge in [0.1, 0.15) is 11.5 Å². The Labute approximate surface area is 233 Å². The van der Waals surface area contributed by atoms with Crippen LogP contribution in [-0.2, 0) is 6.54 Å². The zero-order valence-electron chi connectivity index (χ0n) is 24.5. The summed E-state index contributed by atoms with van der Waals surface area (Å²) in [7, 11) is 3.47. The van der Waals surface area contributed by atoms with Crippen LogP contribution in [0.4, 0.5) is 0 Å². The number of aryl methyl sites for hydroxylation is 1. The van der Waals surface area contributed by atoms with E-state index < -0.39 is 0 Å². The molecule has 0 saturated heterocycles. The third-order valence-electron chi connectivity index (χ3n) is 7.20. The maximum absolute atomic E-state index is 5.56. The highest BCUT2D eigenvalue weighted by molar-refractivity contribution is 6.86. The van der Waals surface area contributed by atoms with Crippen LogP contribution in [0.2, 0.25) is 6.32 Å². The van der Waals surface area contributed by atoms with Crippen molar-refractivity contribution in [1.82, 2.24) is 9.55 Å². The number of hydrogen-bond acceptors (Lipinski definition) is 3. The first-order valence-electron chi connectivity index (χ1n) is 15.0. The highest BCUT2D eigenvalue weighted by atomic mass is 16.5. The Hall–Kier alpha value is -2.69. The third kappa shape index (κ3) is 11.8. The van der Waals surface area contributed by atoms with E-state index in [-0.39, 0.29) is 0 Å². The fourth-order valence-electron chi connectivity index (χ4n) is 5.00. The number of hydrogen-bond donors (Lipinski definition) is 0. The van der Waals surface area contributed by atoms with Gasteiger partial charge in [-0.1, -0.05) is 127 Å². The fraction of sp³-hybridized carbons (Fsp3) is 0.545. The van der Waals surface area contributed by atoms with Crippen LogP contribution in [-0.4, -0.2) is 30.5 Å². The normalized spacial score (nSPS) is 10.5. The van der Waals surface area contributed by atoms with Crippen molar-refractivity contribution >= 4 is 17.6 Å². The summed E-state index contributed by atoms with van der Waals surface area (Å²) in [5, 5.41) is 0. The highest BCUT2D eigenvalue weighted by Gasteiger charge is 2.24. The second-order valence-corrected chi connectivity index (χ2v) is 10.2. The van der Waals surface area contributed by atoms with Crippen LogP contribution < -0.4 is 20.4 Å². The molecule has 0 bridgehead atoms. The van der Waals surface area contributed by atoms with E-state index in [0.717, 1.165) is 24.4 Å². The lowest BCUT2D eigenvalue weighted by molar-refractivity contribution is 0.417. The Bertz CT molecular complexity index is 914. The Morgan fingerprint density at radius 1 is 0.658 bits per heavy atom. The topological polar surface area (TPSA) is 36.3 Å². The molecule has 0 atom stereocenters. The maximum atomic E-state index is 5.56. The standard InChI is InChI=1S/C18H23BO2.C15H28N2/c1-4-5-14-19(15-10-6-8-12-17(15)20-2)16-11-7-9-13-18(16)21-3;1-2-3-4-5-6-7-8-9-10-11-13-17-14-12-16-15-17/h6-13H,4-5,14H2,1-3H3;12,14-15H,2-11,13H2,1H3. The molecule has 3 rings (SSSR count). The molecular formula is C33H51BN2O2. The molecule has 0 amide bonds. The first-order valence-corrected chi connectivity index (χ1v) is 15.0. The minimum atomic E-state index is 0.303. The second-order valence-electron chi connectivity index (χ2n) is 10.2. The van der Waals surface area contributed by atoms with Crippen LogP contribution in [0.15, 0.2) is 67.3 Å². The quantitative estimate of drug-likeness (QED) is 0.127. The summed E-state index contributed by atoms with van der Waals surface area (Å²) in [4.78, 5) is 4.05. The number of aromatic nitrogens is 2. The van der Waals surface area contributed by atoms with Crippen molar-refractivity contribution in [3.63, 3.8) is 0 Å². The Morgan fingerprint density at radius 2 is 1.16 bits per heavy atom. The zero-order chi connectivity index (χ0) is 27.3. The van der Waals surface area contributed by atoms with Crippen molar-refractivity contribution in [2.45, 2.75) is 104 Å². The molecule has 3 aromatic rings. The summed E-state index contributed by atoms with van der Waals surface area (Å²) in [6.45, 7) is 5.94. The second kappa shape index (κ2) is 20.3. The number of ether oxygens (including phenoxy) is 2. The zero-order valence-corrected chi connectivity index (χ0v) is 24.5. The van der Waals surface area contributed by atoms with Crippen molar-refractivity contribution in [2.75, 3.05) is 14.2 Å². The monoisotopic (exact) mass is 518 g/mol. The maximum Gasteiger partial charge on any atom is 0.219 e. The first kappa shape index (κ1) is 31.5. The van der Waals surface area contributed by atoms with Crippen molar-refractivity contribution in [2.24, 2.45) is 0 Å². The SMILES string of the molecule is CCCCB(c1ccccc1OC)c1ccccc1OC.CCCCCCCCCCCCn1ccnc1. The van der Waals surface area contributed by atoms with E-state index in [1.165, 1.54) is 88.0 Å². The lowest BCUT2D eigenvalue weighted by atomic mass is 9.38. The van der Waals surface area contributed by atoms with Crippen LogP contribution in [0.3, 0.4) is 0 Å². The lowest BCUT2D eigenvalue weighted by Crippen LogP contribution is -2.43. The summed E-state index contributed by atoms with van der Waals surface area (Å²) in [6.07, 6.45) is 23.3. The predicted molar refractivity (Wildman–Crippen MR) is 165 cm³/mol. The van der Waals surface area contributed by atoms with E-state index in [4.69, 9.17) is 9.47 Å². The smallest absolute Gasteiger partial charge is 0.219 e. The first-order chi connectivity index (χ1) is 18.7. The molecule has 0 aliphatic heterocycles. The average Bonchev–Trinajstić information content (AvgIpc) is 3.49. The van der Waals surface area contributed by atoms with Crippen LogP contribution in [0.1, 0.15) is 90.9 Å². The molecule has 0 saturated carbocycles. The van der Waals surface area contributed by atoms with Gasteiger partial charge in [-0.25, -0.2) is 4.98 Å². The summed E-state index contributed by atoms with van der Waals surface area (Å²) in [6, 6.07) is 16.6. The number of para-hydroxylation sites is 2. The lowest BCUT2D eigenvalue weighted by Gasteiger charge is -2.19. The summed E-state index contributed by atoms with van der Waals surface area (Å²) in [5.41, 5.74) is 2.47. The van der Waals surface area contributed by atoms with Crippen LogP contribution in [0.5, 0.6) is 11.5 Å². The third-order valence-corrected chi connectivity index (χ3v) is 7.20. The van der Waals surface area contributed by atoms with Gasteiger partial charge in [-0.15, -0.1) is 0 Å². The van der Waals surface area contributed by atoms with Crippen molar-refractivity contribution in [3.8, 4) is 11.5 Å². The predicted octanol–water partition coefficient (Wildman–Crippen LogP) is 7.92. The Kier molecular flexibility index (Phi) is 16.8. The highest BCUT2D eigenvalue weighted by Crippen LogP contribution is 2.16. The van der Waals surface area contributed by atoms with Crippen LogP contribution in [0, 0.1) is 0 Å². The summed E-state index contributed by atoms with van der Waals surface area (Å²) < 4.78 is 13.3. The van der Waals surface area contributed by atoms with Gasteiger partial charge in [0, 0.05) is 18.9 Å². The molecule has 208 valence electrons. The molecule has 0 aliphatic carbocycles. The number of unbranched alkanes of at least 4 members (excludes halogenated alkanes) is 10. The van der Waals surface area contributed by atoms with E-state index in [0.29, 0.717) is 6.71 Å². The Balaban J connectivity index is 0.000000273. The van der Waals surface area contributed by atoms with Gasteiger partial charge >= 0.3 is 0 Å². The number of nitrogens with zero attached hydrogens (tertiary/aromatic N) is 2. The van der Waals surface area contributed by atoms with Gasteiger partial charge in [-0.3, -0.25) is 0 Å². The Morgan fingerprint density at radius 3 is 1.63 bits per heavy atom. The fourth-order valence-corrected chi connectivity index (χ4v) is 5.00. The number of methoxy groups -OCH3 is 2. The van der Waals surface area contributed by atoms with E-state index in [1.54, 1.807) is 14.2 Å². The minimum absolute atomic E-state index is 0.303. The van der Waals surface area contributed by atoms with Gasteiger partial charge < -0.3 is 14.0 Å². The molecule has 0 spiro atoms. The molecule has 0 unspecified atom stereocenters. The molecule has 1 heterocycles. The summed E-state index contributed by atoms with van der Waals surface area (Å²) in [5.74, 6) is 1.90. The largest absolute Gasteiger partial charge is 0.497 e. The minimum Gasteiger partial charge on any atom is -0.497 e. The molecule has 2 aromatic carbocycles. The molecule has 0 fully saturated rings. The van der Waals surface area contributed by atoms with E-state index in [9.17, 15) is 0 Å². The number of imidazole rings is 1. The van der Waals surface area contributed by atoms with Crippen molar-refractivity contribution < 1.29 is 9.47 Å². The summed E-state index contributed by atoms with van der Waals surface area (Å²) >= 11 is 0.